The molecule has 0 rings (SSSR count). The maximum Gasteiger partial charge on any atom is 0.328 e. The molecule has 3 unspecified atom stereocenters. The van der Waals surface area contributed by atoms with Crippen LogP contribution < -0.4 is 11.1 Å². The molecule has 6 nitrogen and oxygen atoms in total. The van der Waals surface area contributed by atoms with Crippen molar-refractivity contribution in [3.63, 3.8) is 0 Å². The van der Waals surface area contributed by atoms with E-state index in [0.29, 0.717) is 6.42 Å². The van der Waals surface area contributed by atoms with Gasteiger partial charge in [-0.25, -0.2) is 4.79 Å². The van der Waals surface area contributed by atoms with Crippen molar-refractivity contribution in [2.45, 2.75) is 38.5 Å². The summed E-state index contributed by atoms with van der Waals surface area (Å²) in [5, 5.41) is 19.8. The number of hydrogen-bond acceptors (Lipinski definition) is 4. The second kappa shape index (κ2) is 5.56. The minimum absolute atomic E-state index is 0.415. The van der Waals surface area contributed by atoms with Crippen molar-refractivity contribution in [1.82, 2.24) is 5.32 Å². The summed E-state index contributed by atoms with van der Waals surface area (Å²) in [6, 6.07) is -2.05. The number of nitrogens with two attached hydrogens (primary N) is 1. The smallest absolute Gasteiger partial charge is 0.328 e. The van der Waals surface area contributed by atoms with E-state index >= 15 is 0 Å². The molecule has 3 atom stereocenters. The minimum Gasteiger partial charge on any atom is -0.480 e. The number of hydrogen-bond donors (Lipinski definition) is 4. The first-order valence-corrected chi connectivity index (χ1v) is 4.37. The maximum absolute atomic E-state index is 11.2. The highest BCUT2D eigenvalue weighted by atomic mass is 16.4. The molecule has 82 valence electrons. The van der Waals surface area contributed by atoms with Gasteiger partial charge >= 0.3 is 5.97 Å². The fourth-order valence-electron chi connectivity index (χ4n) is 0.834. The van der Waals surface area contributed by atoms with Crippen LogP contribution >= 0.6 is 0 Å². The van der Waals surface area contributed by atoms with Crippen molar-refractivity contribution >= 4 is 11.9 Å². The average Bonchev–Trinajstić information content (AvgIpc) is 2.11. The van der Waals surface area contributed by atoms with Gasteiger partial charge in [0.15, 0.2) is 6.04 Å². The first-order chi connectivity index (χ1) is 6.40. The van der Waals surface area contributed by atoms with E-state index in [2.05, 4.69) is 5.32 Å². The Bertz CT molecular complexity index is 217. The van der Waals surface area contributed by atoms with Crippen LogP contribution in [0.1, 0.15) is 20.3 Å². The van der Waals surface area contributed by atoms with Crippen LogP contribution in [0.25, 0.3) is 0 Å². The van der Waals surface area contributed by atoms with Gasteiger partial charge in [-0.2, -0.15) is 0 Å². The lowest BCUT2D eigenvalue weighted by atomic mass is 10.1. The molecule has 0 saturated carbocycles. The number of nitrogens with one attached hydrogen (secondary N) is 1. The summed E-state index contributed by atoms with van der Waals surface area (Å²) in [6.07, 6.45) is -0.738. The Morgan fingerprint density at radius 3 is 2.29 bits per heavy atom. The number of amides is 1. The van der Waals surface area contributed by atoms with Crippen molar-refractivity contribution in [3.05, 3.63) is 0 Å². The van der Waals surface area contributed by atoms with Crippen LogP contribution in [0.2, 0.25) is 0 Å². The highest BCUT2D eigenvalue weighted by Gasteiger charge is 2.26. The molecule has 0 bridgehead atoms. The first kappa shape index (κ1) is 12.9. The van der Waals surface area contributed by atoms with Gasteiger partial charge in [0.25, 0.3) is 0 Å². The van der Waals surface area contributed by atoms with Crippen LogP contribution in [0.5, 0.6) is 0 Å². The third kappa shape index (κ3) is 3.71. The zero-order valence-corrected chi connectivity index (χ0v) is 8.23. The molecular weight excluding hydrogens is 188 g/mol. The fourth-order valence-corrected chi connectivity index (χ4v) is 0.834. The monoisotopic (exact) mass is 204 g/mol. The van der Waals surface area contributed by atoms with Crippen LogP contribution in [0.3, 0.4) is 0 Å². The van der Waals surface area contributed by atoms with Gasteiger partial charge in [0.2, 0.25) is 5.91 Å². The molecule has 0 aromatic heterocycles. The minimum atomic E-state index is -1.31. The van der Waals surface area contributed by atoms with Crippen molar-refractivity contribution < 1.29 is 19.8 Å². The van der Waals surface area contributed by atoms with Crippen LogP contribution in [0, 0.1) is 0 Å². The van der Waals surface area contributed by atoms with E-state index in [1.807, 2.05) is 0 Å². The summed E-state index contributed by atoms with van der Waals surface area (Å²) in [7, 11) is 0. The lowest BCUT2D eigenvalue weighted by Crippen LogP contribution is -2.52. The van der Waals surface area contributed by atoms with Gasteiger partial charge < -0.3 is 21.3 Å². The molecule has 0 heterocycles. The summed E-state index contributed by atoms with van der Waals surface area (Å²) in [5.41, 5.74) is 5.38. The molecule has 6 heteroatoms. The van der Waals surface area contributed by atoms with Crippen LogP contribution in [0.15, 0.2) is 0 Å². The second-order valence-corrected chi connectivity index (χ2v) is 3.08. The molecule has 0 aromatic carbocycles. The van der Waals surface area contributed by atoms with Gasteiger partial charge in [0.05, 0.1) is 12.1 Å². The highest BCUT2D eigenvalue weighted by Crippen LogP contribution is 1.95. The van der Waals surface area contributed by atoms with E-state index in [0.717, 1.165) is 0 Å². The maximum atomic E-state index is 11.2. The molecule has 0 fully saturated rings. The Kier molecular flexibility index (Phi) is 5.11. The summed E-state index contributed by atoms with van der Waals surface area (Å²) in [4.78, 5) is 21.8. The quantitative estimate of drug-likeness (QED) is 0.443. The second-order valence-electron chi connectivity index (χ2n) is 3.08. The van der Waals surface area contributed by atoms with Gasteiger partial charge in [-0.05, 0) is 13.3 Å². The van der Waals surface area contributed by atoms with Gasteiger partial charge in [-0.15, -0.1) is 0 Å². The normalized spacial score (nSPS) is 16.9. The number of carboxylic acids is 1. The lowest BCUT2D eigenvalue weighted by Gasteiger charge is -2.18. The summed E-state index contributed by atoms with van der Waals surface area (Å²) >= 11 is 0. The van der Waals surface area contributed by atoms with Crippen LogP contribution in [0.4, 0.5) is 0 Å². The van der Waals surface area contributed by atoms with E-state index in [-0.39, 0.29) is 0 Å². The lowest BCUT2D eigenvalue weighted by molar-refractivity contribution is -0.145. The van der Waals surface area contributed by atoms with Gasteiger partial charge in [0.1, 0.15) is 0 Å². The van der Waals surface area contributed by atoms with Gasteiger partial charge in [-0.3, -0.25) is 4.79 Å². The summed E-state index contributed by atoms with van der Waals surface area (Å²) < 4.78 is 0. The SMILES string of the molecule is CCC(N)C(=O)NC(C(=O)O)C(C)O. The molecule has 0 radical (unpaired) electrons. The molecule has 0 aliphatic heterocycles. The van der Waals surface area contributed by atoms with E-state index < -0.39 is 30.1 Å². The molecular formula is C8H16N2O4. The predicted molar refractivity (Wildman–Crippen MR) is 49.5 cm³/mol. The molecule has 0 aliphatic carbocycles. The van der Waals surface area contributed by atoms with E-state index in [1.165, 1.54) is 6.92 Å². The van der Waals surface area contributed by atoms with Crippen molar-refractivity contribution in [1.29, 1.82) is 0 Å². The van der Waals surface area contributed by atoms with E-state index in [1.54, 1.807) is 6.92 Å². The Balaban J connectivity index is 4.31. The number of aliphatic carboxylic acids is 1. The topological polar surface area (TPSA) is 113 Å². The molecule has 0 aromatic rings. The van der Waals surface area contributed by atoms with Crippen LogP contribution in [-0.4, -0.2) is 40.3 Å². The highest BCUT2D eigenvalue weighted by molar-refractivity contribution is 5.87. The molecule has 0 aliphatic rings. The Labute approximate surface area is 82.1 Å². The Morgan fingerprint density at radius 1 is 1.50 bits per heavy atom. The first-order valence-electron chi connectivity index (χ1n) is 4.37. The third-order valence-electron chi connectivity index (χ3n) is 1.82. The van der Waals surface area contributed by atoms with E-state index in [4.69, 9.17) is 15.9 Å². The zero-order chi connectivity index (χ0) is 11.3. The van der Waals surface area contributed by atoms with Crippen molar-refractivity contribution in [2.24, 2.45) is 5.73 Å². The number of aliphatic hydroxyl groups is 1. The Hall–Kier alpha value is -1.14. The summed E-state index contributed by atoms with van der Waals surface area (Å²) in [6.45, 7) is 3.00. The standard InChI is InChI=1S/C8H16N2O4/c1-3-5(9)7(12)10-6(4(2)11)8(13)14/h4-6,11H,3,9H2,1-2H3,(H,10,12)(H,13,14). The molecule has 5 N–H and O–H groups in total. The summed E-state index contributed by atoms with van der Waals surface area (Å²) in [5.74, 6) is -1.85. The third-order valence-corrected chi connectivity index (χ3v) is 1.82. The van der Waals surface area contributed by atoms with Gasteiger partial charge in [0, 0.05) is 0 Å². The number of carboxylic acid groups (broad SMARTS) is 1. The molecule has 0 spiro atoms. The number of aliphatic hydroxyl groups excluding tert-OH is 1. The largest absolute Gasteiger partial charge is 0.480 e. The molecule has 0 saturated heterocycles. The predicted octanol–water partition coefficient (Wildman–Crippen LogP) is -1.33. The van der Waals surface area contributed by atoms with Gasteiger partial charge in [-0.1, -0.05) is 6.92 Å². The van der Waals surface area contributed by atoms with E-state index in [9.17, 15) is 9.59 Å². The van der Waals surface area contributed by atoms with Crippen molar-refractivity contribution in [2.75, 3.05) is 0 Å². The number of carbonyl (C=O) groups excluding carboxylic acids is 1. The molecule has 1 amide bonds. The Morgan fingerprint density at radius 2 is 2.00 bits per heavy atom. The zero-order valence-electron chi connectivity index (χ0n) is 8.23. The average molecular weight is 204 g/mol. The number of carbonyl (C=O) groups is 2. The molecule has 14 heavy (non-hydrogen) atoms. The number of rotatable bonds is 5. The fraction of sp³-hybridized carbons (Fsp3) is 0.750. The van der Waals surface area contributed by atoms with Crippen molar-refractivity contribution in [3.8, 4) is 0 Å². The van der Waals surface area contributed by atoms with Crippen LogP contribution in [-0.2, 0) is 9.59 Å².